The molecule has 9 rings (SSSR count). The molecule has 9 aromatic rings. The second-order valence-electron chi connectivity index (χ2n) is 11.7. The van der Waals surface area contributed by atoms with Gasteiger partial charge in [-0.1, -0.05) is 78.9 Å². The Labute approximate surface area is 266 Å². The van der Waals surface area contributed by atoms with Crippen molar-refractivity contribution in [1.82, 2.24) is 15.0 Å². The Balaban J connectivity index is 1.22. The van der Waals surface area contributed by atoms with Gasteiger partial charge in [0.25, 0.3) is 0 Å². The number of aromatic nitrogens is 3. The summed E-state index contributed by atoms with van der Waals surface area (Å²) in [5, 5.41) is 7.58. The van der Waals surface area contributed by atoms with E-state index in [9.17, 15) is 0 Å². The van der Waals surface area contributed by atoms with Gasteiger partial charge in [-0.2, -0.15) is 0 Å². The summed E-state index contributed by atoms with van der Waals surface area (Å²) in [6.07, 6.45) is 9.30. The fraction of sp³-hybridized carbons (Fsp3) is 0. The van der Waals surface area contributed by atoms with Crippen LogP contribution in [-0.4, -0.2) is 15.0 Å². The Kier molecular flexibility index (Phi) is 6.14. The van der Waals surface area contributed by atoms with Crippen molar-refractivity contribution in [2.24, 2.45) is 0 Å². The second kappa shape index (κ2) is 10.8. The summed E-state index contributed by atoms with van der Waals surface area (Å²) in [4.78, 5) is 13.3. The number of nitrogens with zero attached hydrogens (tertiary/aromatic N) is 3. The largest absolute Gasteiger partial charge is 0.265 e. The van der Waals surface area contributed by atoms with Crippen LogP contribution in [0.3, 0.4) is 0 Å². The molecule has 46 heavy (non-hydrogen) atoms. The van der Waals surface area contributed by atoms with E-state index in [-0.39, 0.29) is 0 Å². The molecule has 0 saturated carbocycles. The molecule has 3 nitrogen and oxygen atoms in total. The highest BCUT2D eigenvalue weighted by Crippen LogP contribution is 2.43. The molecule has 0 bridgehead atoms. The molecule has 0 fully saturated rings. The van der Waals surface area contributed by atoms with E-state index in [1.807, 2.05) is 43.1 Å². The lowest BCUT2D eigenvalue weighted by molar-refractivity contribution is 1.32. The highest BCUT2D eigenvalue weighted by molar-refractivity contribution is 6.27. The number of pyridine rings is 3. The van der Waals surface area contributed by atoms with Crippen molar-refractivity contribution in [1.29, 1.82) is 0 Å². The minimum absolute atomic E-state index is 0.994. The summed E-state index contributed by atoms with van der Waals surface area (Å²) in [7, 11) is 0. The highest BCUT2D eigenvalue weighted by atomic mass is 14.7. The van der Waals surface area contributed by atoms with Crippen molar-refractivity contribution < 1.29 is 0 Å². The van der Waals surface area contributed by atoms with Crippen LogP contribution in [0.4, 0.5) is 0 Å². The van der Waals surface area contributed by atoms with Gasteiger partial charge in [-0.05, 0) is 126 Å². The van der Waals surface area contributed by atoms with Crippen molar-refractivity contribution in [2.45, 2.75) is 0 Å². The second-order valence-corrected chi connectivity index (χ2v) is 11.7. The molecule has 0 aliphatic heterocycles. The number of benzene rings is 6. The van der Waals surface area contributed by atoms with Gasteiger partial charge in [0, 0.05) is 42.1 Å². The molecule has 0 saturated heterocycles. The minimum atomic E-state index is 0.994. The number of rotatable bonds is 5. The zero-order chi connectivity index (χ0) is 30.5. The van der Waals surface area contributed by atoms with Gasteiger partial charge in [0.05, 0.1) is 5.69 Å². The van der Waals surface area contributed by atoms with Crippen LogP contribution < -0.4 is 0 Å². The van der Waals surface area contributed by atoms with Gasteiger partial charge < -0.3 is 0 Å². The lowest BCUT2D eigenvalue weighted by atomic mass is 9.87. The van der Waals surface area contributed by atoms with Crippen molar-refractivity contribution in [3.05, 3.63) is 164 Å². The molecule has 0 N–H and O–H groups in total. The van der Waals surface area contributed by atoms with Crippen molar-refractivity contribution >= 4 is 32.3 Å². The molecule has 3 heterocycles. The Morgan fingerprint density at radius 1 is 0.348 bits per heavy atom. The third-order valence-corrected chi connectivity index (χ3v) is 9.05. The lowest BCUT2D eigenvalue weighted by Crippen LogP contribution is -1.91. The zero-order valence-electron chi connectivity index (χ0n) is 24.9. The Morgan fingerprint density at radius 3 is 1.70 bits per heavy atom. The number of hydrogen-bond donors (Lipinski definition) is 0. The van der Waals surface area contributed by atoms with Crippen LogP contribution in [0.1, 0.15) is 0 Å². The Hall–Kier alpha value is -6.19. The van der Waals surface area contributed by atoms with Gasteiger partial charge in [0.2, 0.25) is 0 Å². The fourth-order valence-electron chi connectivity index (χ4n) is 6.87. The molecule has 214 valence electrons. The lowest BCUT2D eigenvalue weighted by Gasteiger charge is -2.17. The van der Waals surface area contributed by atoms with Crippen LogP contribution >= 0.6 is 0 Å². The summed E-state index contributed by atoms with van der Waals surface area (Å²) in [6, 6.07) is 48.1. The average Bonchev–Trinajstić information content (AvgIpc) is 3.14. The van der Waals surface area contributed by atoms with Gasteiger partial charge in [-0.3, -0.25) is 15.0 Å². The molecule has 3 heteroatoms. The predicted molar refractivity (Wildman–Crippen MR) is 191 cm³/mol. The molecule has 0 aliphatic carbocycles. The van der Waals surface area contributed by atoms with Crippen molar-refractivity contribution in [3.63, 3.8) is 0 Å². The SMILES string of the molecule is c1ccc(-c2ccc3ccc4c(-c5cccc(-c6cc(-c7ccncc7)cc(-c7cccnc7)c6)c5)ccc5ccc2c3c54)nc1. The predicted octanol–water partition coefficient (Wildman–Crippen LogP) is 11.1. The first-order chi connectivity index (χ1) is 22.8. The summed E-state index contributed by atoms with van der Waals surface area (Å²) >= 11 is 0. The van der Waals surface area contributed by atoms with Gasteiger partial charge in [-0.15, -0.1) is 0 Å². The van der Waals surface area contributed by atoms with Gasteiger partial charge in [0.15, 0.2) is 0 Å². The maximum Gasteiger partial charge on any atom is 0.0708 e. The maximum atomic E-state index is 4.68. The third kappa shape index (κ3) is 4.41. The van der Waals surface area contributed by atoms with Crippen LogP contribution in [0, 0.1) is 0 Å². The zero-order valence-corrected chi connectivity index (χ0v) is 24.9. The van der Waals surface area contributed by atoms with E-state index in [0.29, 0.717) is 0 Å². The molecular weight excluding hydrogens is 558 g/mol. The van der Waals surface area contributed by atoms with E-state index in [2.05, 4.69) is 136 Å². The molecule has 3 aromatic heterocycles. The van der Waals surface area contributed by atoms with E-state index in [1.165, 1.54) is 49.0 Å². The molecular formula is C43H27N3. The number of hydrogen-bond acceptors (Lipinski definition) is 3. The molecule has 0 atom stereocenters. The van der Waals surface area contributed by atoms with E-state index >= 15 is 0 Å². The van der Waals surface area contributed by atoms with Gasteiger partial charge in [0.1, 0.15) is 0 Å². The van der Waals surface area contributed by atoms with Crippen LogP contribution in [0.2, 0.25) is 0 Å². The van der Waals surface area contributed by atoms with E-state index in [4.69, 9.17) is 0 Å². The van der Waals surface area contributed by atoms with Crippen molar-refractivity contribution in [2.75, 3.05) is 0 Å². The fourth-order valence-corrected chi connectivity index (χ4v) is 6.87. The highest BCUT2D eigenvalue weighted by Gasteiger charge is 2.16. The maximum absolute atomic E-state index is 4.68. The van der Waals surface area contributed by atoms with Crippen LogP contribution in [0.5, 0.6) is 0 Å². The summed E-state index contributed by atoms with van der Waals surface area (Å²) in [6.45, 7) is 0. The normalized spacial score (nSPS) is 11.5. The van der Waals surface area contributed by atoms with Crippen LogP contribution in [-0.2, 0) is 0 Å². The quantitative estimate of drug-likeness (QED) is 0.189. The smallest absolute Gasteiger partial charge is 0.0708 e. The molecule has 0 aliphatic rings. The first-order valence-electron chi connectivity index (χ1n) is 15.5. The van der Waals surface area contributed by atoms with E-state index in [1.54, 1.807) is 0 Å². The van der Waals surface area contributed by atoms with Gasteiger partial charge >= 0.3 is 0 Å². The van der Waals surface area contributed by atoms with Crippen molar-refractivity contribution in [3.8, 4) is 55.8 Å². The van der Waals surface area contributed by atoms with Crippen LogP contribution in [0.25, 0.3) is 88.1 Å². The molecule has 0 unspecified atom stereocenters. The standard InChI is InChI=1S/C43H27N3/c1-2-20-46-41(8-1)38-14-10-30-11-15-39-37(13-9-29-12-16-40(38)43(30)42(29)39)32-6-3-5-31(23-32)35-24-34(28-17-21-44-22-18-28)25-36(26-35)33-7-4-19-45-27-33/h1-27H. The third-order valence-electron chi connectivity index (χ3n) is 9.05. The summed E-state index contributed by atoms with van der Waals surface area (Å²) in [5.41, 5.74) is 11.4. The first kappa shape index (κ1) is 26.2. The molecule has 6 aromatic carbocycles. The monoisotopic (exact) mass is 585 g/mol. The Bertz CT molecular complexity index is 2450. The average molecular weight is 586 g/mol. The van der Waals surface area contributed by atoms with E-state index in [0.717, 1.165) is 39.1 Å². The van der Waals surface area contributed by atoms with Crippen LogP contribution in [0.15, 0.2) is 164 Å². The van der Waals surface area contributed by atoms with Gasteiger partial charge in [-0.25, -0.2) is 0 Å². The summed E-state index contributed by atoms with van der Waals surface area (Å²) in [5.74, 6) is 0. The molecule has 0 radical (unpaired) electrons. The topological polar surface area (TPSA) is 38.7 Å². The van der Waals surface area contributed by atoms with E-state index < -0.39 is 0 Å². The summed E-state index contributed by atoms with van der Waals surface area (Å²) < 4.78 is 0. The first-order valence-corrected chi connectivity index (χ1v) is 15.5. The molecule has 0 amide bonds. The molecule has 0 spiro atoms. The minimum Gasteiger partial charge on any atom is -0.265 e. The Morgan fingerprint density at radius 2 is 0.978 bits per heavy atom.